The normalized spacial score (nSPS) is 14.0. The molecule has 0 heterocycles. The molecular weight excluding hydrogens is 386 g/mol. The van der Waals surface area contributed by atoms with E-state index in [1.807, 2.05) is 13.8 Å². The molecule has 0 aliphatic rings. The third kappa shape index (κ3) is 9.23. The summed E-state index contributed by atoms with van der Waals surface area (Å²) in [6.07, 6.45) is 2.47. The van der Waals surface area contributed by atoms with Crippen LogP contribution in [0.15, 0.2) is 24.3 Å². The largest absolute Gasteiger partial charge is 0.508 e. The first kappa shape index (κ1) is 25.4. The Labute approximate surface area is 177 Å². The molecular formula is C21H35N5O4. The Hall–Kier alpha value is -2.65. The SMILES string of the molecule is CC(C)C[C@H](NC(=O)[C@H](Cc1ccc(O)cc1)NC(=O)[C@@H](N)CCCCN)C(N)=O. The van der Waals surface area contributed by atoms with Crippen molar-refractivity contribution < 1.29 is 19.5 Å². The quantitative estimate of drug-likeness (QED) is 0.242. The molecule has 0 aliphatic heterocycles. The van der Waals surface area contributed by atoms with Crippen LogP contribution in [0, 0.1) is 5.92 Å². The molecule has 0 saturated carbocycles. The number of carbonyl (C=O) groups excluding carboxylic acids is 3. The summed E-state index contributed by atoms with van der Waals surface area (Å²) < 4.78 is 0. The molecule has 3 amide bonds. The van der Waals surface area contributed by atoms with E-state index in [0.29, 0.717) is 25.8 Å². The lowest BCUT2D eigenvalue weighted by Gasteiger charge is -2.24. The maximum absolute atomic E-state index is 12.9. The first-order valence-electron chi connectivity index (χ1n) is 10.3. The monoisotopic (exact) mass is 421 g/mol. The van der Waals surface area contributed by atoms with Crippen molar-refractivity contribution in [2.45, 2.75) is 64.1 Å². The number of nitrogens with one attached hydrogen (secondary N) is 2. The number of aromatic hydroxyl groups is 1. The van der Waals surface area contributed by atoms with E-state index in [0.717, 1.165) is 12.0 Å². The highest BCUT2D eigenvalue weighted by Gasteiger charge is 2.27. The van der Waals surface area contributed by atoms with E-state index in [9.17, 15) is 19.5 Å². The van der Waals surface area contributed by atoms with Crippen molar-refractivity contribution in [3.63, 3.8) is 0 Å². The second kappa shape index (κ2) is 12.8. The van der Waals surface area contributed by atoms with Crippen LogP contribution in [-0.2, 0) is 20.8 Å². The Bertz CT molecular complexity index is 693. The summed E-state index contributed by atoms with van der Waals surface area (Å²) in [5, 5.41) is 14.8. The molecule has 0 unspecified atom stereocenters. The van der Waals surface area contributed by atoms with Gasteiger partial charge in [-0.1, -0.05) is 32.4 Å². The summed E-state index contributed by atoms with van der Waals surface area (Å²) in [7, 11) is 0. The minimum atomic E-state index is -0.948. The van der Waals surface area contributed by atoms with Crippen LogP contribution in [0.5, 0.6) is 5.75 Å². The molecule has 0 fully saturated rings. The number of hydrogen-bond donors (Lipinski definition) is 6. The molecule has 1 aromatic rings. The van der Waals surface area contributed by atoms with E-state index in [1.54, 1.807) is 12.1 Å². The van der Waals surface area contributed by atoms with Crippen molar-refractivity contribution in [3.05, 3.63) is 29.8 Å². The van der Waals surface area contributed by atoms with E-state index >= 15 is 0 Å². The molecule has 1 aromatic carbocycles. The highest BCUT2D eigenvalue weighted by Crippen LogP contribution is 2.12. The van der Waals surface area contributed by atoms with Crippen LogP contribution in [0.1, 0.15) is 45.1 Å². The molecule has 1 rings (SSSR count). The Morgan fingerprint density at radius 1 is 1.00 bits per heavy atom. The number of phenols is 1. The molecule has 30 heavy (non-hydrogen) atoms. The maximum atomic E-state index is 12.9. The van der Waals surface area contributed by atoms with E-state index in [2.05, 4.69) is 10.6 Å². The minimum Gasteiger partial charge on any atom is -0.508 e. The molecule has 9 nitrogen and oxygen atoms in total. The lowest BCUT2D eigenvalue weighted by Crippen LogP contribution is -2.56. The van der Waals surface area contributed by atoms with Crippen LogP contribution in [0.25, 0.3) is 0 Å². The van der Waals surface area contributed by atoms with Crippen LogP contribution in [0.3, 0.4) is 0 Å². The fourth-order valence-electron chi connectivity index (χ4n) is 2.99. The summed E-state index contributed by atoms with van der Waals surface area (Å²) in [6, 6.07) is 3.75. The highest BCUT2D eigenvalue weighted by atomic mass is 16.3. The number of amides is 3. The molecule has 0 aliphatic carbocycles. The number of benzene rings is 1. The predicted molar refractivity (Wildman–Crippen MR) is 115 cm³/mol. The molecule has 3 atom stereocenters. The summed E-state index contributed by atoms with van der Waals surface area (Å²) >= 11 is 0. The fraction of sp³-hybridized carbons (Fsp3) is 0.571. The Balaban J connectivity index is 2.92. The van der Waals surface area contributed by atoms with E-state index in [-0.39, 0.29) is 18.1 Å². The van der Waals surface area contributed by atoms with E-state index in [4.69, 9.17) is 17.2 Å². The molecule has 9 N–H and O–H groups in total. The minimum absolute atomic E-state index is 0.0939. The average molecular weight is 422 g/mol. The van der Waals surface area contributed by atoms with Crippen molar-refractivity contribution in [3.8, 4) is 5.75 Å². The number of rotatable bonds is 13. The zero-order valence-corrected chi connectivity index (χ0v) is 17.8. The van der Waals surface area contributed by atoms with Crippen molar-refractivity contribution in [2.75, 3.05) is 6.54 Å². The molecule has 9 heteroatoms. The molecule has 0 radical (unpaired) electrons. The summed E-state index contributed by atoms with van der Waals surface area (Å²) in [4.78, 5) is 37.1. The van der Waals surface area contributed by atoms with Gasteiger partial charge in [0.15, 0.2) is 0 Å². The second-order valence-corrected chi connectivity index (χ2v) is 7.92. The zero-order valence-electron chi connectivity index (χ0n) is 17.8. The Morgan fingerprint density at radius 2 is 1.60 bits per heavy atom. The van der Waals surface area contributed by atoms with Gasteiger partial charge in [0.2, 0.25) is 17.7 Å². The van der Waals surface area contributed by atoms with Crippen molar-refractivity contribution in [1.82, 2.24) is 10.6 Å². The third-order valence-electron chi connectivity index (χ3n) is 4.68. The van der Waals surface area contributed by atoms with Gasteiger partial charge in [0.1, 0.15) is 17.8 Å². The maximum Gasteiger partial charge on any atom is 0.243 e. The average Bonchev–Trinajstić information content (AvgIpc) is 2.68. The summed E-state index contributed by atoms with van der Waals surface area (Å²) in [5.41, 5.74) is 17.6. The van der Waals surface area contributed by atoms with Crippen LogP contribution in [-0.4, -0.2) is 47.5 Å². The van der Waals surface area contributed by atoms with Gasteiger partial charge in [0, 0.05) is 6.42 Å². The molecule has 0 spiro atoms. The first-order valence-corrected chi connectivity index (χ1v) is 10.3. The fourth-order valence-corrected chi connectivity index (χ4v) is 2.99. The standard InChI is InChI=1S/C21H35N5O4/c1-13(2)11-17(19(24)28)25-21(30)18(12-14-6-8-15(27)9-7-14)26-20(29)16(23)5-3-4-10-22/h6-9,13,16-18,27H,3-5,10-12,22-23H2,1-2H3,(H2,24,28)(H,25,30)(H,26,29)/t16-,17-,18-/m0/s1. The third-order valence-corrected chi connectivity index (χ3v) is 4.68. The van der Waals surface area contributed by atoms with Crippen molar-refractivity contribution in [2.24, 2.45) is 23.1 Å². The van der Waals surface area contributed by atoms with Gasteiger partial charge in [-0.15, -0.1) is 0 Å². The molecule has 168 valence electrons. The Morgan fingerprint density at radius 3 is 2.13 bits per heavy atom. The van der Waals surface area contributed by atoms with Gasteiger partial charge < -0.3 is 32.9 Å². The molecule has 0 bridgehead atoms. The summed E-state index contributed by atoms with van der Waals surface area (Å²) in [5.74, 6) is -1.37. The van der Waals surface area contributed by atoms with Gasteiger partial charge >= 0.3 is 0 Å². The second-order valence-electron chi connectivity index (χ2n) is 7.92. The first-order chi connectivity index (χ1) is 14.1. The lowest BCUT2D eigenvalue weighted by molar-refractivity contribution is -0.132. The van der Waals surface area contributed by atoms with Gasteiger partial charge in [0.25, 0.3) is 0 Å². The molecule has 0 aromatic heterocycles. The van der Waals surface area contributed by atoms with Crippen molar-refractivity contribution >= 4 is 17.7 Å². The Kier molecular flexibility index (Phi) is 10.8. The van der Waals surface area contributed by atoms with Crippen LogP contribution < -0.4 is 27.8 Å². The zero-order chi connectivity index (χ0) is 22.7. The number of carbonyl (C=O) groups is 3. The molecule has 0 saturated heterocycles. The van der Waals surface area contributed by atoms with Crippen LogP contribution >= 0.6 is 0 Å². The predicted octanol–water partition coefficient (Wildman–Crippen LogP) is -0.108. The lowest BCUT2D eigenvalue weighted by atomic mass is 10.0. The highest BCUT2D eigenvalue weighted by molar-refractivity contribution is 5.92. The van der Waals surface area contributed by atoms with E-state index in [1.165, 1.54) is 12.1 Å². The van der Waals surface area contributed by atoms with Gasteiger partial charge in [-0.05, 0) is 49.4 Å². The van der Waals surface area contributed by atoms with Gasteiger partial charge in [-0.2, -0.15) is 0 Å². The smallest absolute Gasteiger partial charge is 0.243 e. The number of primary amides is 1. The topological polar surface area (TPSA) is 174 Å². The van der Waals surface area contributed by atoms with Crippen molar-refractivity contribution in [1.29, 1.82) is 0 Å². The number of phenolic OH excluding ortho intramolecular Hbond substituents is 1. The van der Waals surface area contributed by atoms with E-state index < -0.39 is 35.8 Å². The van der Waals surface area contributed by atoms with Crippen LogP contribution in [0.4, 0.5) is 0 Å². The number of nitrogens with two attached hydrogens (primary N) is 3. The van der Waals surface area contributed by atoms with Gasteiger partial charge in [-0.3, -0.25) is 14.4 Å². The van der Waals surface area contributed by atoms with Gasteiger partial charge in [-0.25, -0.2) is 0 Å². The number of hydrogen-bond acceptors (Lipinski definition) is 6. The van der Waals surface area contributed by atoms with Gasteiger partial charge in [0.05, 0.1) is 6.04 Å². The summed E-state index contributed by atoms with van der Waals surface area (Å²) in [6.45, 7) is 4.35. The number of unbranched alkanes of at least 4 members (excludes halogenated alkanes) is 1. The van der Waals surface area contributed by atoms with Crippen LogP contribution in [0.2, 0.25) is 0 Å².